The van der Waals surface area contributed by atoms with Gasteiger partial charge in [0.1, 0.15) is 17.7 Å². The van der Waals surface area contributed by atoms with Crippen molar-refractivity contribution < 1.29 is 18.7 Å². The SMILES string of the molecule is NC(=O)C1CCCN(CCNC(=O)N2CC(Oc3ccc(F)cc3)C2)C1. The zero-order valence-electron chi connectivity index (χ0n) is 14.7. The Hall–Kier alpha value is -2.35. The topological polar surface area (TPSA) is 87.9 Å². The first-order chi connectivity index (χ1) is 12.5. The van der Waals surface area contributed by atoms with E-state index >= 15 is 0 Å². The third-order valence-corrected chi connectivity index (χ3v) is 4.86. The van der Waals surface area contributed by atoms with Gasteiger partial charge in [-0.05, 0) is 43.7 Å². The van der Waals surface area contributed by atoms with E-state index in [1.807, 2.05) is 0 Å². The second kappa shape index (κ2) is 8.35. The van der Waals surface area contributed by atoms with Gasteiger partial charge in [-0.3, -0.25) is 4.79 Å². The van der Waals surface area contributed by atoms with Gasteiger partial charge in [-0.2, -0.15) is 0 Å². The molecule has 7 nitrogen and oxygen atoms in total. The molecule has 2 heterocycles. The van der Waals surface area contributed by atoms with Crippen molar-refractivity contribution in [2.45, 2.75) is 18.9 Å². The number of hydrogen-bond donors (Lipinski definition) is 2. The summed E-state index contributed by atoms with van der Waals surface area (Å²) in [6.07, 6.45) is 1.74. The van der Waals surface area contributed by atoms with E-state index in [0.717, 1.165) is 19.4 Å². The maximum absolute atomic E-state index is 12.9. The van der Waals surface area contributed by atoms with Crippen LogP contribution in [0.5, 0.6) is 5.75 Å². The average Bonchev–Trinajstić information content (AvgIpc) is 2.59. The molecule has 2 aliphatic rings. The molecule has 2 saturated heterocycles. The molecule has 2 fully saturated rings. The average molecular weight is 364 g/mol. The van der Waals surface area contributed by atoms with Crippen molar-refractivity contribution in [2.24, 2.45) is 11.7 Å². The molecule has 142 valence electrons. The Labute approximate surface area is 152 Å². The molecular weight excluding hydrogens is 339 g/mol. The van der Waals surface area contributed by atoms with Gasteiger partial charge in [-0.1, -0.05) is 0 Å². The van der Waals surface area contributed by atoms with Crippen LogP contribution in [0.1, 0.15) is 12.8 Å². The maximum Gasteiger partial charge on any atom is 0.317 e. The van der Waals surface area contributed by atoms with Crippen molar-refractivity contribution in [1.82, 2.24) is 15.1 Å². The predicted molar refractivity (Wildman–Crippen MR) is 94.1 cm³/mol. The fraction of sp³-hybridized carbons (Fsp3) is 0.556. The highest BCUT2D eigenvalue weighted by molar-refractivity contribution is 5.77. The number of ether oxygens (including phenoxy) is 1. The summed E-state index contributed by atoms with van der Waals surface area (Å²) in [7, 11) is 0. The molecule has 3 N–H and O–H groups in total. The number of hydrogen-bond acceptors (Lipinski definition) is 4. The lowest BCUT2D eigenvalue weighted by Gasteiger charge is -2.39. The molecule has 0 aliphatic carbocycles. The standard InChI is InChI=1S/C18H25FN4O3/c19-14-3-5-15(6-4-14)26-16-11-23(12-16)18(25)21-7-9-22-8-1-2-13(10-22)17(20)24/h3-6,13,16H,1-2,7-12H2,(H2,20,24)(H,21,25). The number of carbonyl (C=O) groups excluding carboxylic acids is 2. The highest BCUT2D eigenvalue weighted by Gasteiger charge is 2.32. The highest BCUT2D eigenvalue weighted by Crippen LogP contribution is 2.18. The molecule has 0 aromatic heterocycles. The van der Waals surface area contributed by atoms with Crippen LogP contribution in [0.3, 0.4) is 0 Å². The van der Waals surface area contributed by atoms with Crippen molar-refractivity contribution in [3.63, 3.8) is 0 Å². The number of benzene rings is 1. The third kappa shape index (κ3) is 4.85. The van der Waals surface area contributed by atoms with Crippen LogP contribution in [-0.2, 0) is 4.79 Å². The van der Waals surface area contributed by atoms with E-state index in [9.17, 15) is 14.0 Å². The molecule has 2 aliphatic heterocycles. The van der Waals surface area contributed by atoms with Gasteiger partial charge in [0.2, 0.25) is 5.91 Å². The number of amides is 3. The minimum atomic E-state index is -0.303. The van der Waals surface area contributed by atoms with E-state index in [0.29, 0.717) is 38.5 Å². The summed E-state index contributed by atoms with van der Waals surface area (Å²) >= 11 is 0. The largest absolute Gasteiger partial charge is 0.487 e. The number of urea groups is 1. The minimum absolute atomic E-state index is 0.0652. The molecular formula is C18H25FN4O3. The van der Waals surface area contributed by atoms with Crippen LogP contribution in [0.25, 0.3) is 0 Å². The molecule has 0 saturated carbocycles. The van der Waals surface area contributed by atoms with Crippen LogP contribution in [0, 0.1) is 11.7 Å². The molecule has 0 spiro atoms. The molecule has 0 radical (unpaired) electrons. The summed E-state index contributed by atoms with van der Waals surface area (Å²) in [5, 5.41) is 2.89. The van der Waals surface area contributed by atoms with Crippen LogP contribution in [0.4, 0.5) is 9.18 Å². The van der Waals surface area contributed by atoms with Crippen LogP contribution in [-0.4, -0.2) is 67.1 Å². The fourth-order valence-electron chi connectivity index (χ4n) is 3.31. The van der Waals surface area contributed by atoms with E-state index in [2.05, 4.69) is 10.2 Å². The lowest BCUT2D eigenvalue weighted by atomic mass is 9.97. The Balaban J connectivity index is 1.31. The van der Waals surface area contributed by atoms with Crippen LogP contribution in [0.2, 0.25) is 0 Å². The molecule has 3 rings (SSSR count). The number of primary amides is 1. The normalized spacial score (nSPS) is 21.1. The zero-order chi connectivity index (χ0) is 18.5. The van der Waals surface area contributed by atoms with Gasteiger partial charge < -0.3 is 25.6 Å². The van der Waals surface area contributed by atoms with Crippen molar-refractivity contribution >= 4 is 11.9 Å². The van der Waals surface area contributed by atoms with Gasteiger partial charge in [0.15, 0.2) is 0 Å². The van der Waals surface area contributed by atoms with Gasteiger partial charge >= 0.3 is 6.03 Å². The Morgan fingerprint density at radius 2 is 1.96 bits per heavy atom. The first-order valence-electron chi connectivity index (χ1n) is 8.98. The second-order valence-corrected chi connectivity index (χ2v) is 6.87. The number of carbonyl (C=O) groups is 2. The first-order valence-corrected chi connectivity index (χ1v) is 8.98. The number of nitrogens with zero attached hydrogens (tertiary/aromatic N) is 2. The van der Waals surface area contributed by atoms with Crippen molar-refractivity contribution in [2.75, 3.05) is 39.3 Å². The van der Waals surface area contributed by atoms with E-state index < -0.39 is 0 Å². The predicted octanol–water partition coefficient (Wildman–Crippen LogP) is 0.796. The lowest BCUT2D eigenvalue weighted by Crippen LogP contribution is -2.59. The quantitative estimate of drug-likeness (QED) is 0.781. The number of piperidine rings is 1. The Morgan fingerprint density at radius 1 is 1.23 bits per heavy atom. The summed E-state index contributed by atoms with van der Waals surface area (Å²) in [5.74, 6) is -0.0286. The van der Waals surface area contributed by atoms with Crippen LogP contribution >= 0.6 is 0 Å². The minimum Gasteiger partial charge on any atom is -0.487 e. The summed E-state index contributed by atoms with van der Waals surface area (Å²) in [6.45, 7) is 3.86. The van der Waals surface area contributed by atoms with Crippen LogP contribution < -0.4 is 15.8 Å². The zero-order valence-corrected chi connectivity index (χ0v) is 14.7. The van der Waals surface area contributed by atoms with Gasteiger partial charge in [-0.15, -0.1) is 0 Å². The van der Waals surface area contributed by atoms with Crippen molar-refractivity contribution in [3.05, 3.63) is 30.1 Å². The molecule has 0 bridgehead atoms. The van der Waals surface area contributed by atoms with E-state index in [4.69, 9.17) is 10.5 Å². The molecule has 3 amide bonds. The molecule has 26 heavy (non-hydrogen) atoms. The summed E-state index contributed by atoms with van der Waals surface area (Å²) in [4.78, 5) is 27.2. The van der Waals surface area contributed by atoms with Gasteiger partial charge in [0, 0.05) is 19.6 Å². The maximum atomic E-state index is 12.9. The molecule has 8 heteroatoms. The number of likely N-dealkylation sites (tertiary alicyclic amines) is 2. The number of rotatable bonds is 6. The third-order valence-electron chi connectivity index (χ3n) is 4.86. The Bertz CT molecular complexity index is 634. The Kier molecular flexibility index (Phi) is 5.92. The number of nitrogens with two attached hydrogens (primary N) is 1. The van der Waals surface area contributed by atoms with E-state index in [1.165, 1.54) is 12.1 Å². The van der Waals surface area contributed by atoms with E-state index in [-0.39, 0.29) is 29.8 Å². The first kappa shape index (κ1) is 18.4. The van der Waals surface area contributed by atoms with Crippen molar-refractivity contribution in [3.8, 4) is 5.75 Å². The van der Waals surface area contributed by atoms with Gasteiger partial charge in [0.25, 0.3) is 0 Å². The monoisotopic (exact) mass is 364 g/mol. The summed E-state index contributed by atoms with van der Waals surface area (Å²) in [6, 6.07) is 5.74. The molecule has 1 atom stereocenters. The highest BCUT2D eigenvalue weighted by atomic mass is 19.1. The van der Waals surface area contributed by atoms with Crippen molar-refractivity contribution in [1.29, 1.82) is 0 Å². The fourth-order valence-corrected chi connectivity index (χ4v) is 3.31. The Morgan fingerprint density at radius 3 is 2.65 bits per heavy atom. The lowest BCUT2D eigenvalue weighted by molar-refractivity contribution is -0.123. The van der Waals surface area contributed by atoms with Gasteiger partial charge in [0.05, 0.1) is 19.0 Å². The number of halogens is 1. The van der Waals surface area contributed by atoms with E-state index in [1.54, 1.807) is 17.0 Å². The second-order valence-electron chi connectivity index (χ2n) is 6.87. The smallest absolute Gasteiger partial charge is 0.317 e. The summed E-state index contributed by atoms with van der Waals surface area (Å²) < 4.78 is 18.5. The summed E-state index contributed by atoms with van der Waals surface area (Å²) in [5.41, 5.74) is 5.37. The van der Waals surface area contributed by atoms with Crippen LogP contribution in [0.15, 0.2) is 24.3 Å². The number of nitrogens with one attached hydrogen (secondary N) is 1. The molecule has 1 aromatic carbocycles. The molecule has 1 aromatic rings. The van der Waals surface area contributed by atoms with Gasteiger partial charge in [-0.25, -0.2) is 9.18 Å². The molecule has 1 unspecified atom stereocenters.